The van der Waals surface area contributed by atoms with Gasteiger partial charge in [-0.25, -0.2) is 9.59 Å². The van der Waals surface area contributed by atoms with Gasteiger partial charge in [-0.05, 0) is 61.9 Å². The topological polar surface area (TPSA) is 102 Å². The van der Waals surface area contributed by atoms with E-state index in [4.69, 9.17) is 9.84 Å². The summed E-state index contributed by atoms with van der Waals surface area (Å²) in [5, 5.41) is 12.2. The molecule has 0 amide bonds. The summed E-state index contributed by atoms with van der Waals surface area (Å²) in [6.45, 7) is 4.26. The van der Waals surface area contributed by atoms with Gasteiger partial charge in [-0.1, -0.05) is 16.9 Å². The molecule has 7 nitrogen and oxygen atoms in total. The van der Waals surface area contributed by atoms with Crippen molar-refractivity contribution in [1.82, 2.24) is 0 Å². The maximum Gasteiger partial charge on any atom is 0.338 e. The highest BCUT2D eigenvalue weighted by molar-refractivity contribution is 7.99. The van der Waals surface area contributed by atoms with Crippen LogP contribution in [0.1, 0.15) is 40.1 Å². The summed E-state index contributed by atoms with van der Waals surface area (Å²) in [6.07, 6.45) is 0. The number of esters is 1. The first-order chi connectivity index (χ1) is 13.8. The van der Waals surface area contributed by atoms with Gasteiger partial charge in [-0.3, -0.25) is 4.79 Å². The van der Waals surface area contributed by atoms with Crippen LogP contribution in [0.5, 0.6) is 0 Å². The number of oxime groups is 1. The van der Waals surface area contributed by atoms with Crippen molar-refractivity contribution in [2.24, 2.45) is 5.16 Å². The van der Waals surface area contributed by atoms with Crippen LogP contribution in [0.4, 0.5) is 0 Å². The largest absolute Gasteiger partial charge is 0.460 e. The van der Waals surface area contributed by atoms with Crippen molar-refractivity contribution in [1.29, 1.82) is 0 Å². The number of ether oxygens (including phenoxy) is 1. The Kier molecular flexibility index (Phi) is 8.11. The Bertz CT molecular complexity index is 937. The third-order valence-corrected chi connectivity index (χ3v) is 4.73. The van der Waals surface area contributed by atoms with Crippen LogP contribution < -0.4 is 0 Å². The number of hydrogen-bond acceptors (Lipinski definition) is 8. The van der Waals surface area contributed by atoms with Crippen molar-refractivity contribution in [2.45, 2.75) is 30.6 Å². The second kappa shape index (κ2) is 10.5. The molecular weight excluding hydrogens is 394 g/mol. The molecule has 0 bridgehead atoms. The number of rotatable bonds is 8. The Morgan fingerprint density at radius 1 is 1.03 bits per heavy atom. The quantitative estimate of drug-likeness (QED) is 0.232. The predicted molar refractivity (Wildman–Crippen MR) is 108 cm³/mol. The zero-order chi connectivity index (χ0) is 21.4. The van der Waals surface area contributed by atoms with E-state index in [1.54, 1.807) is 30.3 Å². The van der Waals surface area contributed by atoms with Gasteiger partial charge in [0.05, 0.1) is 12.2 Å². The number of aliphatic hydroxyl groups is 1. The Hall–Kier alpha value is -2.97. The second-order valence-electron chi connectivity index (χ2n) is 6.05. The monoisotopic (exact) mass is 415 g/mol. The highest BCUT2D eigenvalue weighted by Crippen LogP contribution is 2.29. The molecule has 0 saturated heterocycles. The van der Waals surface area contributed by atoms with Gasteiger partial charge in [0.2, 0.25) is 5.78 Å². The van der Waals surface area contributed by atoms with E-state index >= 15 is 0 Å². The summed E-state index contributed by atoms with van der Waals surface area (Å²) < 4.78 is 4.87. The first-order valence-electron chi connectivity index (χ1n) is 8.75. The van der Waals surface area contributed by atoms with Crippen molar-refractivity contribution in [2.75, 3.05) is 13.2 Å². The fraction of sp³-hybridized carbons (Fsp3) is 0.238. The molecule has 0 heterocycles. The van der Waals surface area contributed by atoms with Gasteiger partial charge >= 0.3 is 11.9 Å². The molecule has 0 aliphatic carbocycles. The summed E-state index contributed by atoms with van der Waals surface area (Å²) in [5.74, 6) is -1.39. The first-order valence-corrected chi connectivity index (χ1v) is 9.57. The lowest BCUT2D eigenvalue weighted by atomic mass is 10.0. The fourth-order valence-corrected chi connectivity index (χ4v) is 3.26. The molecule has 0 spiro atoms. The molecule has 0 unspecified atom stereocenters. The number of carbonyl (C=O) groups is 3. The molecule has 0 aliphatic rings. The van der Waals surface area contributed by atoms with Crippen LogP contribution in [0.25, 0.3) is 0 Å². The standard InChI is InChI=1S/C21H21NO6S/c1-13-12-18(8-9-19(13)20(25)14(2)22-28-15(3)24)29-17-6-4-16(5-7-17)21(26)27-11-10-23/h4-9,12,23H,10-11H2,1-3H3/b22-14+. The summed E-state index contributed by atoms with van der Waals surface area (Å²) >= 11 is 1.48. The van der Waals surface area contributed by atoms with Gasteiger partial charge in [-0.15, -0.1) is 0 Å². The maximum absolute atomic E-state index is 12.4. The summed E-state index contributed by atoms with van der Waals surface area (Å²) in [4.78, 5) is 41.4. The highest BCUT2D eigenvalue weighted by atomic mass is 32.2. The zero-order valence-electron chi connectivity index (χ0n) is 16.3. The van der Waals surface area contributed by atoms with E-state index in [1.807, 2.05) is 19.1 Å². The van der Waals surface area contributed by atoms with Gasteiger partial charge in [-0.2, -0.15) is 0 Å². The first kappa shape index (κ1) is 22.3. The predicted octanol–water partition coefficient (Wildman–Crippen LogP) is 3.42. The molecule has 2 rings (SSSR count). The van der Waals surface area contributed by atoms with Crippen molar-refractivity contribution < 1.29 is 29.1 Å². The Morgan fingerprint density at radius 3 is 2.28 bits per heavy atom. The minimum atomic E-state index is -0.590. The smallest absolute Gasteiger partial charge is 0.338 e. The molecule has 0 radical (unpaired) electrons. The van der Waals surface area contributed by atoms with Crippen LogP contribution in [0, 0.1) is 6.92 Å². The molecule has 152 valence electrons. The lowest BCUT2D eigenvalue weighted by Gasteiger charge is -2.08. The number of aliphatic hydroxyl groups excluding tert-OH is 1. The number of Topliss-reactive ketones (excluding diaryl/α,β-unsaturated/α-hetero) is 1. The number of hydrogen-bond donors (Lipinski definition) is 1. The van der Waals surface area contributed by atoms with Gasteiger partial charge in [0.15, 0.2) is 0 Å². The summed E-state index contributed by atoms with van der Waals surface area (Å²) in [6, 6.07) is 12.3. The summed E-state index contributed by atoms with van der Waals surface area (Å²) in [5.41, 5.74) is 1.74. The Morgan fingerprint density at radius 2 is 1.69 bits per heavy atom. The van der Waals surface area contributed by atoms with Gasteiger partial charge in [0.25, 0.3) is 0 Å². The van der Waals surface area contributed by atoms with E-state index in [1.165, 1.54) is 25.6 Å². The van der Waals surface area contributed by atoms with Gasteiger partial charge < -0.3 is 14.7 Å². The van der Waals surface area contributed by atoms with Crippen molar-refractivity contribution in [3.8, 4) is 0 Å². The van der Waals surface area contributed by atoms with E-state index in [9.17, 15) is 14.4 Å². The van der Waals surface area contributed by atoms with E-state index in [0.717, 1.165) is 15.4 Å². The molecule has 2 aromatic carbocycles. The Labute approximate surface area is 172 Å². The van der Waals surface area contributed by atoms with E-state index in [2.05, 4.69) is 9.99 Å². The normalized spacial score (nSPS) is 11.1. The van der Waals surface area contributed by atoms with Crippen LogP contribution in [-0.4, -0.2) is 41.8 Å². The van der Waals surface area contributed by atoms with E-state index in [0.29, 0.717) is 11.1 Å². The van der Waals surface area contributed by atoms with Crippen molar-refractivity contribution in [3.63, 3.8) is 0 Å². The van der Waals surface area contributed by atoms with Crippen LogP contribution in [0.15, 0.2) is 57.4 Å². The van der Waals surface area contributed by atoms with Gasteiger partial charge in [0.1, 0.15) is 12.3 Å². The fourth-order valence-electron chi connectivity index (χ4n) is 2.34. The molecule has 29 heavy (non-hydrogen) atoms. The summed E-state index contributed by atoms with van der Waals surface area (Å²) in [7, 11) is 0. The lowest BCUT2D eigenvalue weighted by Crippen LogP contribution is -2.13. The number of benzene rings is 2. The third-order valence-electron chi connectivity index (χ3n) is 3.73. The van der Waals surface area contributed by atoms with Crippen LogP contribution in [-0.2, 0) is 14.4 Å². The minimum Gasteiger partial charge on any atom is -0.460 e. The molecular formula is C21H21NO6S. The van der Waals surface area contributed by atoms with Crippen LogP contribution in [0.3, 0.4) is 0 Å². The average Bonchev–Trinajstić information content (AvgIpc) is 2.70. The molecule has 0 fully saturated rings. The van der Waals surface area contributed by atoms with Crippen LogP contribution in [0.2, 0.25) is 0 Å². The van der Waals surface area contributed by atoms with E-state index in [-0.39, 0.29) is 24.7 Å². The minimum absolute atomic E-state index is 0.0370. The molecule has 0 saturated carbocycles. The Balaban J connectivity index is 2.09. The van der Waals surface area contributed by atoms with E-state index < -0.39 is 11.9 Å². The molecule has 0 atom stereocenters. The molecule has 1 N–H and O–H groups in total. The lowest BCUT2D eigenvalue weighted by molar-refractivity contribution is -0.140. The number of aryl methyl sites for hydroxylation is 1. The highest BCUT2D eigenvalue weighted by Gasteiger charge is 2.14. The van der Waals surface area contributed by atoms with Crippen molar-refractivity contribution in [3.05, 3.63) is 59.2 Å². The number of nitrogens with zero attached hydrogens (tertiary/aromatic N) is 1. The SMILES string of the molecule is CC(=O)O/N=C(\C)C(=O)c1ccc(Sc2ccc(C(=O)OCCO)cc2)cc1C. The van der Waals surface area contributed by atoms with Gasteiger partial charge in [0, 0.05) is 22.3 Å². The number of ketones is 1. The molecule has 2 aromatic rings. The molecule has 8 heteroatoms. The average molecular weight is 415 g/mol. The molecule has 0 aromatic heterocycles. The third kappa shape index (κ3) is 6.55. The maximum atomic E-state index is 12.4. The second-order valence-corrected chi connectivity index (χ2v) is 7.20. The molecule has 0 aliphatic heterocycles. The zero-order valence-corrected chi connectivity index (χ0v) is 17.1. The van der Waals surface area contributed by atoms with Crippen LogP contribution >= 0.6 is 11.8 Å². The number of carbonyl (C=O) groups excluding carboxylic acids is 3. The van der Waals surface area contributed by atoms with Crippen molar-refractivity contribution >= 4 is 35.2 Å².